The monoisotopic (exact) mass is 241 g/mol. The van der Waals surface area contributed by atoms with E-state index in [2.05, 4.69) is 26.1 Å². The summed E-state index contributed by atoms with van der Waals surface area (Å²) in [6.07, 6.45) is 0. The third-order valence-electron chi connectivity index (χ3n) is 2.22. The smallest absolute Gasteiger partial charge is 0.0747 e. The quantitative estimate of drug-likeness (QED) is 0.862. The van der Waals surface area contributed by atoms with E-state index in [1.54, 1.807) is 7.11 Å². The molecule has 0 saturated heterocycles. The van der Waals surface area contributed by atoms with E-state index < -0.39 is 0 Å². The Morgan fingerprint density at radius 2 is 2.00 bits per heavy atom. The predicted octanol–water partition coefficient (Wildman–Crippen LogP) is 3.94. The van der Waals surface area contributed by atoms with Gasteiger partial charge in [-0.25, -0.2) is 0 Å². The fraction of sp³-hybridized carbons (Fsp3) is 0.538. The first-order chi connectivity index (χ1) is 7.44. The molecule has 2 nitrogen and oxygen atoms in total. The van der Waals surface area contributed by atoms with Crippen molar-refractivity contribution in [3.63, 3.8) is 0 Å². The zero-order valence-electron chi connectivity index (χ0n) is 10.4. The Balaban J connectivity index is 2.82. The van der Waals surface area contributed by atoms with Crippen molar-refractivity contribution in [1.82, 2.24) is 0 Å². The molecule has 0 bridgehead atoms. The van der Waals surface area contributed by atoms with Crippen molar-refractivity contribution >= 4 is 17.3 Å². The van der Waals surface area contributed by atoms with Crippen molar-refractivity contribution in [2.24, 2.45) is 5.41 Å². The van der Waals surface area contributed by atoms with Gasteiger partial charge < -0.3 is 10.1 Å². The minimum absolute atomic E-state index is 0.243. The molecule has 0 amide bonds. The van der Waals surface area contributed by atoms with Crippen LogP contribution in [0, 0.1) is 5.41 Å². The van der Waals surface area contributed by atoms with Crippen molar-refractivity contribution in [2.45, 2.75) is 27.4 Å². The fourth-order valence-corrected chi connectivity index (χ4v) is 1.60. The second kappa shape index (κ2) is 5.55. The molecular weight excluding hydrogens is 222 g/mol. The Hall–Kier alpha value is -0.730. The van der Waals surface area contributed by atoms with E-state index in [9.17, 15) is 0 Å². The molecule has 0 radical (unpaired) electrons. The number of methoxy groups -OCH3 is 1. The van der Waals surface area contributed by atoms with Gasteiger partial charge in [0.05, 0.1) is 6.61 Å². The average Bonchev–Trinajstić information content (AvgIpc) is 2.18. The SMILES string of the molecule is COCc1c(Cl)cccc1NCC(C)(C)C. The van der Waals surface area contributed by atoms with Crippen LogP contribution in [0.4, 0.5) is 5.69 Å². The molecule has 0 aliphatic carbocycles. The lowest BCUT2D eigenvalue weighted by molar-refractivity contribution is 0.185. The standard InChI is InChI=1S/C13H20ClNO/c1-13(2,3)9-15-12-7-5-6-11(14)10(12)8-16-4/h5-7,15H,8-9H2,1-4H3. The van der Waals surface area contributed by atoms with Crippen LogP contribution in [0.2, 0.25) is 5.02 Å². The summed E-state index contributed by atoms with van der Waals surface area (Å²) < 4.78 is 5.16. The van der Waals surface area contributed by atoms with Crippen molar-refractivity contribution in [2.75, 3.05) is 19.0 Å². The van der Waals surface area contributed by atoms with E-state index in [4.69, 9.17) is 16.3 Å². The first-order valence-electron chi connectivity index (χ1n) is 5.44. The molecule has 1 N–H and O–H groups in total. The molecule has 0 atom stereocenters. The summed E-state index contributed by atoms with van der Waals surface area (Å²) in [5, 5.41) is 4.17. The van der Waals surface area contributed by atoms with Gasteiger partial charge in [0, 0.05) is 29.9 Å². The summed E-state index contributed by atoms with van der Waals surface area (Å²) in [6.45, 7) is 8.03. The highest BCUT2D eigenvalue weighted by Crippen LogP contribution is 2.26. The molecule has 0 fully saturated rings. The zero-order valence-corrected chi connectivity index (χ0v) is 11.2. The van der Waals surface area contributed by atoms with Crippen LogP contribution in [0.1, 0.15) is 26.3 Å². The topological polar surface area (TPSA) is 21.3 Å². The highest BCUT2D eigenvalue weighted by atomic mass is 35.5. The van der Waals surface area contributed by atoms with Gasteiger partial charge in [-0.1, -0.05) is 38.4 Å². The Morgan fingerprint density at radius 3 is 2.56 bits per heavy atom. The van der Waals surface area contributed by atoms with Gasteiger partial charge >= 0.3 is 0 Å². The third kappa shape index (κ3) is 4.03. The lowest BCUT2D eigenvalue weighted by Crippen LogP contribution is -2.19. The molecule has 0 spiro atoms. The Labute approximate surface area is 103 Å². The number of hydrogen-bond acceptors (Lipinski definition) is 2. The molecule has 1 aromatic rings. The lowest BCUT2D eigenvalue weighted by atomic mass is 9.96. The minimum atomic E-state index is 0.243. The van der Waals surface area contributed by atoms with E-state index in [0.717, 1.165) is 22.8 Å². The summed E-state index contributed by atoms with van der Waals surface area (Å²) in [5.74, 6) is 0. The van der Waals surface area contributed by atoms with Gasteiger partial charge in [-0.05, 0) is 17.5 Å². The maximum absolute atomic E-state index is 6.14. The van der Waals surface area contributed by atoms with Crippen LogP contribution < -0.4 is 5.32 Å². The van der Waals surface area contributed by atoms with Crippen LogP contribution in [-0.4, -0.2) is 13.7 Å². The van der Waals surface area contributed by atoms with Gasteiger partial charge in [0.15, 0.2) is 0 Å². The van der Waals surface area contributed by atoms with E-state index >= 15 is 0 Å². The zero-order chi connectivity index (χ0) is 12.2. The second-order valence-corrected chi connectivity index (χ2v) is 5.52. The number of benzene rings is 1. The molecule has 1 aromatic carbocycles. The van der Waals surface area contributed by atoms with Crippen molar-refractivity contribution in [1.29, 1.82) is 0 Å². The summed E-state index contributed by atoms with van der Waals surface area (Å²) >= 11 is 6.14. The van der Waals surface area contributed by atoms with E-state index in [1.807, 2.05) is 18.2 Å². The van der Waals surface area contributed by atoms with Crippen molar-refractivity contribution in [3.8, 4) is 0 Å². The number of hydrogen-bond donors (Lipinski definition) is 1. The largest absolute Gasteiger partial charge is 0.384 e. The molecule has 0 aromatic heterocycles. The van der Waals surface area contributed by atoms with E-state index in [0.29, 0.717) is 6.61 Å². The number of halogens is 1. The molecule has 0 saturated carbocycles. The van der Waals surface area contributed by atoms with Crippen LogP contribution in [0.15, 0.2) is 18.2 Å². The highest BCUT2D eigenvalue weighted by Gasteiger charge is 2.12. The van der Waals surface area contributed by atoms with Crippen LogP contribution >= 0.6 is 11.6 Å². The van der Waals surface area contributed by atoms with Crippen LogP contribution in [0.5, 0.6) is 0 Å². The molecule has 0 aliphatic rings. The summed E-state index contributed by atoms with van der Waals surface area (Å²) in [5.41, 5.74) is 2.33. The molecule has 0 unspecified atom stereocenters. The number of anilines is 1. The van der Waals surface area contributed by atoms with Crippen LogP contribution in [-0.2, 0) is 11.3 Å². The fourth-order valence-electron chi connectivity index (χ4n) is 1.38. The van der Waals surface area contributed by atoms with Gasteiger partial charge in [-0.3, -0.25) is 0 Å². The first-order valence-corrected chi connectivity index (χ1v) is 5.82. The maximum Gasteiger partial charge on any atom is 0.0747 e. The van der Waals surface area contributed by atoms with Crippen molar-refractivity contribution < 1.29 is 4.74 Å². The molecular formula is C13H20ClNO. The minimum Gasteiger partial charge on any atom is -0.384 e. The molecule has 90 valence electrons. The predicted molar refractivity (Wildman–Crippen MR) is 70.1 cm³/mol. The van der Waals surface area contributed by atoms with Gasteiger partial charge in [0.2, 0.25) is 0 Å². The van der Waals surface area contributed by atoms with Gasteiger partial charge in [-0.2, -0.15) is 0 Å². The Morgan fingerprint density at radius 1 is 1.31 bits per heavy atom. The molecule has 16 heavy (non-hydrogen) atoms. The summed E-state index contributed by atoms with van der Waals surface area (Å²) in [6, 6.07) is 5.87. The molecule has 0 heterocycles. The number of rotatable bonds is 4. The van der Waals surface area contributed by atoms with E-state index in [-0.39, 0.29) is 5.41 Å². The molecule has 1 rings (SSSR count). The maximum atomic E-state index is 6.14. The summed E-state index contributed by atoms with van der Waals surface area (Å²) in [4.78, 5) is 0. The van der Waals surface area contributed by atoms with Crippen LogP contribution in [0.3, 0.4) is 0 Å². The van der Waals surface area contributed by atoms with E-state index in [1.165, 1.54) is 0 Å². The molecule has 0 aliphatic heterocycles. The Kier molecular flexibility index (Phi) is 4.63. The summed E-state index contributed by atoms with van der Waals surface area (Å²) in [7, 11) is 1.68. The third-order valence-corrected chi connectivity index (χ3v) is 2.57. The lowest BCUT2D eigenvalue weighted by Gasteiger charge is -2.21. The number of nitrogens with one attached hydrogen (secondary N) is 1. The van der Waals surface area contributed by atoms with Crippen molar-refractivity contribution in [3.05, 3.63) is 28.8 Å². The van der Waals surface area contributed by atoms with Crippen LogP contribution in [0.25, 0.3) is 0 Å². The molecule has 3 heteroatoms. The normalized spacial score (nSPS) is 11.6. The number of ether oxygens (including phenoxy) is 1. The van der Waals surface area contributed by atoms with Gasteiger partial charge in [-0.15, -0.1) is 0 Å². The first kappa shape index (κ1) is 13.3. The highest BCUT2D eigenvalue weighted by molar-refractivity contribution is 6.31. The average molecular weight is 242 g/mol. The van der Waals surface area contributed by atoms with Gasteiger partial charge in [0.25, 0.3) is 0 Å². The second-order valence-electron chi connectivity index (χ2n) is 5.11. The Bertz CT molecular complexity index is 344. The van der Waals surface area contributed by atoms with Gasteiger partial charge in [0.1, 0.15) is 0 Å².